The predicted molar refractivity (Wildman–Crippen MR) is 73.7 cm³/mol. The normalized spacial score (nSPS) is 10.8. The third-order valence-electron chi connectivity index (χ3n) is 1.66. The van der Waals surface area contributed by atoms with E-state index in [1.54, 1.807) is 5.51 Å². The van der Waals surface area contributed by atoms with Crippen LogP contribution in [-0.4, -0.2) is 16.7 Å². The second kappa shape index (κ2) is 5.87. The fourth-order valence-corrected chi connectivity index (χ4v) is 1.63. The van der Waals surface area contributed by atoms with Gasteiger partial charge >= 0.3 is 6.09 Å². The lowest BCUT2D eigenvalue weighted by atomic mass is 10.2. The van der Waals surface area contributed by atoms with E-state index >= 15 is 0 Å². The number of nitrogens with zero attached hydrogens (tertiary/aromatic N) is 1. The van der Waals surface area contributed by atoms with Gasteiger partial charge in [0, 0.05) is 5.92 Å². The van der Waals surface area contributed by atoms with E-state index in [0.29, 0.717) is 5.82 Å². The maximum absolute atomic E-state index is 11.6. The molecule has 0 fully saturated rings. The summed E-state index contributed by atoms with van der Waals surface area (Å²) in [6.45, 7) is 9.46. The van der Waals surface area contributed by atoms with Crippen molar-refractivity contribution < 1.29 is 9.53 Å². The first-order chi connectivity index (χ1) is 8.28. The summed E-state index contributed by atoms with van der Waals surface area (Å²) in [6, 6.07) is 0. The van der Waals surface area contributed by atoms with Crippen LogP contribution in [0.1, 0.15) is 39.5 Å². The van der Waals surface area contributed by atoms with Crippen LogP contribution >= 0.6 is 11.3 Å². The Balaban J connectivity index is 2.72. The minimum Gasteiger partial charge on any atom is -0.444 e. The van der Waals surface area contributed by atoms with Crippen LogP contribution in [0.15, 0.2) is 5.51 Å². The van der Waals surface area contributed by atoms with Gasteiger partial charge in [-0.3, -0.25) is 5.32 Å². The summed E-state index contributed by atoms with van der Waals surface area (Å²) in [4.78, 5) is 16.4. The van der Waals surface area contributed by atoms with E-state index in [1.807, 2.05) is 34.6 Å². The van der Waals surface area contributed by atoms with E-state index in [-0.39, 0.29) is 5.92 Å². The van der Waals surface area contributed by atoms with Gasteiger partial charge in [0.1, 0.15) is 10.5 Å². The molecular formula is C13H18N2O2S. The van der Waals surface area contributed by atoms with Gasteiger partial charge in [0.25, 0.3) is 0 Å². The van der Waals surface area contributed by atoms with Crippen molar-refractivity contribution in [3.63, 3.8) is 0 Å². The summed E-state index contributed by atoms with van der Waals surface area (Å²) in [5.41, 5.74) is 1.13. The van der Waals surface area contributed by atoms with Gasteiger partial charge in [0.2, 0.25) is 0 Å². The van der Waals surface area contributed by atoms with Crippen molar-refractivity contribution in [1.29, 1.82) is 0 Å². The zero-order chi connectivity index (χ0) is 13.8. The number of ether oxygens (including phenoxy) is 1. The summed E-state index contributed by atoms with van der Waals surface area (Å²) in [5, 5.41) is 2.61. The van der Waals surface area contributed by atoms with Crippen LogP contribution in [0.4, 0.5) is 10.6 Å². The van der Waals surface area contributed by atoms with Crippen LogP contribution in [-0.2, 0) is 4.74 Å². The molecule has 18 heavy (non-hydrogen) atoms. The Kier molecular flexibility index (Phi) is 4.74. The summed E-state index contributed by atoms with van der Waals surface area (Å²) < 4.78 is 5.16. The van der Waals surface area contributed by atoms with Gasteiger partial charge < -0.3 is 4.74 Å². The first kappa shape index (κ1) is 14.5. The van der Waals surface area contributed by atoms with E-state index in [2.05, 4.69) is 22.1 Å². The highest BCUT2D eigenvalue weighted by atomic mass is 32.1. The third kappa shape index (κ3) is 5.19. The average molecular weight is 266 g/mol. The quantitative estimate of drug-likeness (QED) is 0.791. The second-order valence-corrected chi connectivity index (χ2v) is 5.94. The van der Waals surface area contributed by atoms with Gasteiger partial charge in [-0.2, -0.15) is 0 Å². The zero-order valence-electron chi connectivity index (χ0n) is 11.3. The molecule has 0 saturated carbocycles. The lowest BCUT2D eigenvalue weighted by Gasteiger charge is -2.19. The number of carbonyl (C=O) groups excluding carboxylic acids is 1. The van der Waals surface area contributed by atoms with Crippen LogP contribution < -0.4 is 5.32 Å². The maximum atomic E-state index is 11.6. The van der Waals surface area contributed by atoms with Gasteiger partial charge in [-0.05, 0) is 20.8 Å². The number of nitrogens with one attached hydrogen (secondary N) is 1. The van der Waals surface area contributed by atoms with E-state index < -0.39 is 11.7 Å². The first-order valence-corrected chi connectivity index (χ1v) is 6.61. The molecule has 1 N–H and O–H groups in total. The smallest absolute Gasteiger partial charge is 0.413 e. The monoisotopic (exact) mass is 266 g/mol. The molecule has 1 aromatic rings. The van der Waals surface area contributed by atoms with Crippen LogP contribution in [0.3, 0.4) is 0 Å². The zero-order valence-corrected chi connectivity index (χ0v) is 12.1. The number of amides is 1. The molecular weight excluding hydrogens is 248 g/mol. The molecule has 0 spiro atoms. The second-order valence-electron chi connectivity index (χ2n) is 5.08. The minimum atomic E-state index is -0.524. The highest BCUT2D eigenvalue weighted by molar-refractivity contribution is 7.10. The van der Waals surface area contributed by atoms with Crippen molar-refractivity contribution in [3.05, 3.63) is 10.4 Å². The van der Waals surface area contributed by atoms with Gasteiger partial charge in [-0.15, -0.1) is 11.3 Å². The number of thiazole rings is 1. The molecule has 0 aliphatic rings. The summed E-state index contributed by atoms with van der Waals surface area (Å²) in [5.74, 6) is 6.77. The van der Waals surface area contributed by atoms with Gasteiger partial charge in [0.15, 0.2) is 5.82 Å². The summed E-state index contributed by atoms with van der Waals surface area (Å²) in [6.07, 6.45) is -0.513. The van der Waals surface area contributed by atoms with E-state index in [1.165, 1.54) is 11.3 Å². The van der Waals surface area contributed by atoms with Crippen molar-refractivity contribution in [1.82, 2.24) is 4.98 Å². The Bertz CT molecular complexity index is 475. The van der Waals surface area contributed by atoms with Crippen molar-refractivity contribution in [3.8, 4) is 11.8 Å². The average Bonchev–Trinajstić information content (AvgIpc) is 2.59. The van der Waals surface area contributed by atoms with Gasteiger partial charge in [-0.25, -0.2) is 9.78 Å². The molecule has 0 saturated heterocycles. The molecule has 0 aliphatic carbocycles. The number of aromatic nitrogens is 1. The van der Waals surface area contributed by atoms with Crippen LogP contribution in [0, 0.1) is 17.8 Å². The number of hydrogen-bond donors (Lipinski definition) is 1. The van der Waals surface area contributed by atoms with Crippen LogP contribution in [0.2, 0.25) is 0 Å². The Morgan fingerprint density at radius 3 is 2.72 bits per heavy atom. The number of carbonyl (C=O) groups is 1. The third-order valence-corrected chi connectivity index (χ3v) is 2.40. The fourth-order valence-electron chi connectivity index (χ4n) is 1.03. The van der Waals surface area contributed by atoms with E-state index in [9.17, 15) is 4.79 Å². The largest absolute Gasteiger partial charge is 0.444 e. The maximum Gasteiger partial charge on any atom is 0.413 e. The standard InChI is InChI=1S/C13H18N2O2S/c1-9(2)6-7-10-11(14-8-18-10)15-12(16)17-13(3,4)5/h8-9H,1-5H3,(H,15,16). The molecule has 0 radical (unpaired) electrons. The molecule has 98 valence electrons. The highest BCUT2D eigenvalue weighted by Gasteiger charge is 2.17. The molecule has 1 heterocycles. The Labute approximate surface area is 112 Å². The van der Waals surface area contributed by atoms with Crippen LogP contribution in [0.25, 0.3) is 0 Å². The molecule has 1 rings (SSSR count). The molecule has 1 amide bonds. The fraction of sp³-hybridized carbons (Fsp3) is 0.538. The Morgan fingerprint density at radius 1 is 1.50 bits per heavy atom. The number of hydrogen-bond acceptors (Lipinski definition) is 4. The molecule has 0 aromatic carbocycles. The van der Waals surface area contributed by atoms with Crippen molar-refractivity contribution >= 4 is 23.2 Å². The topological polar surface area (TPSA) is 51.2 Å². The highest BCUT2D eigenvalue weighted by Crippen LogP contribution is 2.18. The van der Waals surface area contributed by atoms with Gasteiger partial charge in [-0.1, -0.05) is 25.7 Å². The Morgan fingerprint density at radius 2 is 2.17 bits per heavy atom. The van der Waals surface area contributed by atoms with Crippen molar-refractivity contribution in [2.45, 2.75) is 40.2 Å². The Hall–Kier alpha value is -1.54. The SMILES string of the molecule is CC(C)C#Cc1scnc1NC(=O)OC(C)(C)C. The van der Waals surface area contributed by atoms with Crippen molar-refractivity contribution in [2.75, 3.05) is 5.32 Å². The molecule has 4 nitrogen and oxygen atoms in total. The first-order valence-electron chi connectivity index (χ1n) is 5.73. The molecule has 0 aliphatic heterocycles. The molecule has 0 unspecified atom stereocenters. The van der Waals surface area contributed by atoms with E-state index in [0.717, 1.165) is 4.88 Å². The number of anilines is 1. The van der Waals surface area contributed by atoms with Crippen LogP contribution in [0.5, 0.6) is 0 Å². The lowest BCUT2D eigenvalue weighted by Crippen LogP contribution is -2.27. The summed E-state index contributed by atoms with van der Waals surface area (Å²) in [7, 11) is 0. The van der Waals surface area contributed by atoms with Gasteiger partial charge in [0.05, 0.1) is 5.51 Å². The van der Waals surface area contributed by atoms with Crippen molar-refractivity contribution in [2.24, 2.45) is 5.92 Å². The number of rotatable bonds is 1. The lowest BCUT2D eigenvalue weighted by molar-refractivity contribution is 0.0635. The molecule has 1 aromatic heterocycles. The van der Waals surface area contributed by atoms with E-state index in [4.69, 9.17) is 4.74 Å². The minimum absolute atomic E-state index is 0.279. The predicted octanol–water partition coefficient (Wildman–Crippen LogP) is 3.50. The molecule has 0 atom stereocenters. The summed E-state index contributed by atoms with van der Waals surface area (Å²) >= 11 is 1.40. The molecule has 5 heteroatoms. The molecule has 0 bridgehead atoms.